The number of hydrogen-bond acceptors (Lipinski definition) is 4. The van der Waals surface area contributed by atoms with Crippen LogP contribution in [-0.2, 0) is 0 Å². The van der Waals surface area contributed by atoms with E-state index in [2.05, 4.69) is 22.5 Å². The molecule has 2 aliphatic rings. The van der Waals surface area contributed by atoms with Crippen molar-refractivity contribution in [2.75, 3.05) is 16.8 Å². The first-order valence-electron chi connectivity index (χ1n) is 8.99. The number of benzene rings is 1. The fraction of sp³-hybridized carbons (Fsp3) is 0.474. The van der Waals surface area contributed by atoms with Crippen molar-refractivity contribution >= 4 is 35.2 Å². The summed E-state index contributed by atoms with van der Waals surface area (Å²) in [7, 11) is 0. The number of carbonyl (C=O) groups excluding carboxylic acids is 1. The number of nitrogens with zero attached hydrogens (tertiary/aromatic N) is 2. The molecule has 25 heavy (non-hydrogen) atoms. The summed E-state index contributed by atoms with van der Waals surface area (Å²) < 4.78 is 2.52. The van der Waals surface area contributed by atoms with Crippen molar-refractivity contribution < 1.29 is 4.79 Å². The molecular weight excluding hydrogens is 350 g/mol. The van der Waals surface area contributed by atoms with E-state index in [1.807, 2.05) is 46.4 Å². The molecule has 1 amide bonds. The average molecular weight is 374 g/mol. The molecule has 0 radical (unpaired) electrons. The minimum Gasteiger partial charge on any atom is -0.307 e. The minimum absolute atomic E-state index is 0.0594. The topological polar surface area (TPSA) is 46.9 Å². The van der Waals surface area contributed by atoms with Crippen LogP contribution < -0.4 is 5.32 Å². The van der Waals surface area contributed by atoms with Gasteiger partial charge in [-0.1, -0.05) is 31.4 Å². The van der Waals surface area contributed by atoms with Gasteiger partial charge in [0.1, 0.15) is 5.82 Å². The highest BCUT2D eigenvalue weighted by molar-refractivity contribution is 8.19. The molecule has 132 valence electrons. The van der Waals surface area contributed by atoms with Crippen molar-refractivity contribution in [1.82, 2.24) is 9.78 Å². The third-order valence-corrected chi connectivity index (χ3v) is 8.00. The summed E-state index contributed by atoms with van der Waals surface area (Å²) in [6.07, 6.45) is 7.88. The van der Waals surface area contributed by atoms with Crippen molar-refractivity contribution in [2.24, 2.45) is 0 Å². The van der Waals surface area contributed by atoms with Gasteiger partial charge in [0.05, 0.1) is 16.8 Å². The van der Waals surface area contributed by atoms with Gasteiger partial charge in [0.25, 0.3) is 5.91 Å². The van der Waals surface area contributed by atoms with Crippen LogP contribution in [0.25, 0.3) is 0 Å². The summed E-state index contributed by atoms with van der Waals surface area (Å²) in [5, 5.41) is 7.49. The van der Waals surface area contributed by atoms with Gasteiger partial charge in [-0.05, 0) is 30.5 Å². The summed E-state index contributed by atoms with van der Waals surface area (Å²) in [6.45, 7) is 0. The van der Waals surface area contributed by atoms with Gasteiger partial charge in [-0.3, -0.25) is 4.79 Å². The Morgan fingerprint density at radius 1 is 1.04 bits per heavy atom. The van der Waals surface area contributed by atoms with Gasteiger partial charge in [0, 0.05) is 23.1 Å². The van der Waals surface area contributed by atoms with E-state index in [0.29, 0.717) is 16.2 Å². The van der Waals surface area contributed by atoms with E-state index < -0.39 is 0 Å². The number of rotatable bonds is 4. The molecule has 1 aromatic heterocycles. The molecule has 1 saturated heterocycles. The van der Waals surface area contributed by atoms with E-state index in [1.165, 1.54) is 36.3 Å². The van der Waals surface area contributed by atoms with Crippen molar-refractivity contribution in [2.45, 2.75) is 42.7 Å². The second-order valence-corrected chi connectivity index (χ2v) is 9.33. The Labute approximate surface area is 157 Å². The number of thioether (sulfide) groups is 2. The van der Waals surface area contributed by atoms with Gasteiger partial charge < -0.3 is 5.32 Å². The summed E-state index contributed by atoms with van der Waals surface area (Å²) in [5.41, 5.74) is 2.00. The molecule has 2 aromatic rings. The summed E-state index contributed by atoms with van der Waals surface area (Å²) in [4.78, 5) is 12.6. The first kappa shape index (κ1) is 17.0. The number of carbonyl (C=O) groups is 1. The highest BCUT2D eigenvalue weighted by Crippen LogP contribution is 2.45. The molecule has 1 N–H and O–H groups in total. The molecule has 0 bridgehead atoms. The molecule has 4 nitrogen and oxygen atoms in total. The monoisotopic (exact) mass is 373 g/mol. The number of hydrogen-bond donors (Lipinski definition) is 1. The molecule has 1 aliphatic heterocycles. The maximum Gasteiger partial charge on any atom is 0.256 e. The van der Waals surface area contributed by atoms with Crippen molar-refractivity contribution in [3.8, 4) is 0 Å². The Morgan fingerprint density at radius 2 is 1.76 bits per heavy atom. The minimum atomic E-state index is -0.0594. The van der Waals surface area contributed by atoms with Gasteiger partial charge in [0.15, 0.2) is 0 Å². The van der Waals surface area contributed by atoms with Crippen LogP contribution in [0.4, 0.5) is 5.82 Å². The van der Waals surface area contributed by atoms with E-state index in [0.717, 1.165) is 18.7 Å². The molecule has 2 fully saturated rings. The average Bonchev–Trinajstić information content (AvgIpc) is 3.35. The summed E-state index contributed by atoms with van der Waals surface area (Å²) in [5.74, 6) is 3.17. The van der Waals surface area contributed by atoms with Crippen LogP contribution in [0.2, 0.25) is 0 Å². The van der Waals surface area contributed by atoms with Gasteiger partial charge in [0.2, 0.25) is 0 Å². The maximum atomic E-state index is 12.6. The quantitative estimate of drug-likeness (QED) is 0.808. The first-order chi connectivity index (χ1) is 12.3. The molecule has 1 aliphatic carbocycles. The lowest BCUT2D eigenvalue weighted by Crippen LogP contribution is -2.20. The van der Waals surface area contributed by atoms with Crippen LogP contribution in [0.1, 0.15) is 58.6 Å². The zero-order valence-electron chi connectivity index (χ0n) is 14.2. The molecule has 1 aromatic carbocycles. The van der Waals surface area contributed by atoms with Crippen LogP contribution >= 0.6 is 23.5 Å². The molecule has 0 unspecified atom stereocenters. The van der Waals surface area contributed by atoms with Gasteiger partial charge >= 0.3 is 0 Å². The molecule has 0 spiro atoms. The Hall–Kier alpha value is -1.40. The summed E-state index contributed by atoms with van der Waals surface area (Å²) in [6, 6.07) is 10.4. The lowest BCUT2D eigenvalue weighted by atomic mass is 9.96. The second kappa shape index (κ2) is 7.87. The van der Waals surface area contributed by atoms with Crippen LogP contribution in [0.15, 0.2) is 36.5 Å². The highest BCUT2D eigenvalue weighted by atomic mass is 32.2. The van der Waals surface area contributed by atoms with E-state index in [4.69, 9.17) is 0 Å². The van der Waals surface area contributed by atoms with Crippen LogP contribution in [-0.4, -0.2) is 27.2 Å². The number of amides is 1. The zero-order chi connectivity index (χ0) is 17.1. The van der Waals surface area contributed by atoms with E-state index in [9.17, 15) is 4.79 Å². The van der Waals surface area contributed by atoms with Crippen molar-refractivity contribution in [3.05, 3.63) is 47.7 Å². The Kier molecular flexibility index (Phi) is 5.36. The van der Waals surface area contributed by atoms with Gasteiger partial charge in [-0.2, -0.15) is 5.10 Å². The molecule has 0 atom stereocenters. The zero-order valence-corrected chi connectivity index (χ0v) is 15.8. The molecule has 2 heterocycles. The lowest BCUT2D eigenvalue weighted by molar-refractivity contribution is 0.102. The molecule has 1 saturated carbocycles. The number of anilines is 1. The lowest BCUT2D eigenvalue weighted by Gasteiger charge is -2.23. The second-order valence-electron chi connectivity index (χ2n) is 6.60. The van der Waals surface area contributed by atoms with Gasteiger partial charge in [-0.25, -0.2) is 4.68 Å². The van der Waals surface area contributed by atoms with Crippen LogP contribution in [0, 0.1) is 0 Å². The number of aromatic nitrogens is 2. The standard InChI is InChI=1S/C19H23N3OS2/c23-18(14-6-8-15(9-7-14)19-24-12-13-25-19)21-17-10-11-20-22(17)16-4-2-1-3-5-16/h6-11,16,19H,1-5,12-13H2,(H,21,23). The fourth-order valence-electron chi connectivity index (χ4n) is 3.56. The van der Waals surface area contributed by atoms with Crippen molar-refractivity contribution in [1.29, 1.82) is 0 Å². The molecule has 6 heteroatoms. The van der Waals surface area contributed by atoms with E-state index >= 15 is 0 Å². The number of nitrogens with one attached hydrogen (secondary N) is 1. The smallest absolute Gasteiger partial charge is 0.256 e. The Morgan fingerprint density at radius 3 is 2.48 bits per heavy atom. The largest absolute Gasteiger partial charge is 0.307 e. The van der Waals surface area contributed by atoms with Crippen LogP contribution in [0.5, 0.6) is 0 Å². The van der Waals surface area contributed by atoms with E-state index in [1.54, 1.807) is 6.20 Å². The third-order valence-electron chi connectivity index (χ3n) is 4.90. The summed E-state index contributed by atoms with van der Waals surface area (Å²) >= 11 is 3.96. The first-order valence-corrected chi connectivity index (χ1v) is 11.1. The van der Waals surface area contributed by atoms with E-state index in [-0.39, 0.29) is 5.91 Å². The predicted molar refractivity (Wildman–Crippen MR) is 106 cm³/mol. The molecule has 4 rings (SSSR count). The normalized spacial score (nSPS) is 19.2. The predicted octanol–water partition coefficient (Wildman–Crippen LogP) is 5.12. The third kappa shape index (κ3) is 3.90. The SMILES string of the molecule is O=C(Nc1ccnn1C1CCCCC1)c1ccc(C2SCCS2)cc1. The highest BCUT2D eigenvalue weighted by Gasteiger charge is 2.21. The van der Waals surface area contributed by atoms with Crippen molar-refractivity contribution in [3.63, 3.8) is 0 Å². The van der Waals surface area contributed by atoms with Gasteiger partial charge in [-0.15, -0.1) is 23.5 Å². The Bertz CT molecular complexity index is 717. The van der Waals surface area contributed by atoms with Crippen LogP contribution in [0.3, 0.4) is 0 Å². The fourth-order valence-corrected chi connectivity index (χ4v) is 6.42. The Balaban J connectivity index is 1.44. The maximum absolute atomic E-state index is 12.6. The molecular formula is C19H23N3OS2.